The first kappa shape index (κ1) is 15.2. The number of hydrogen-bond donors (Lipinski definition) is 3. The van der Waals surface area contributed by atoms with Crippen molar-refractivity contribution in [3.05, 3.63) is 35.9 Å². The van der Waals surface area contributed by atoms with Gasteiger partial charge in [0.15, 0.2) is 0 Å². The quantitative estimate of drug-likeness (QED) is 0.678. The van der Waals surface area contributed by atoms with Crippen LogP contribution in [0.5, 0.6) is 0 Å². The zero-order valence-electron chi connectivity index (χ0n) is 11.0. The molecule has 5 nitrogen and oxygen atoms in total. The molecule has 19 heavy (non-hydrogen) atoms. The Labute approximate surface area is 112 Å². The molecule has 2 unspecified atom stereocenters. The van der Waals surface area contributed by atoms with Gasteiger partial charge < -0.3 is 16.2 Å². The molecule has 5 heteroatoms. The van der Waals surface area contributed by atoms with Gasteiger partial charge in [-0.3, -0.25) is 4.79 Å². The highest BCUT2D eigenvalue weighted by Gasteiger charge is 2.20. The van der Waals surface area contributed by atoms with E-state index < -0.39 is 12.0 Å². The van der Waals surface area contributed by atoms with Gasteiger partial charge in [0.1, 0.15) is 6.04 Å². The van der Waals surface area contributed by atoms with E-state index in [4.69, 9.17) is 10.8 Å². The minimum Gasteiger partial charge on any atom is -0.480 e. The van der Waals surface area contributed by atoms with Crippen LogP contribution in [0.2, 0.25) is 0 Å². The SMILES string of the molecule is CC(CN)CC(=O)NC(Cc1ccccc1)C(=O)O. The molecule has 0 saturated heterocycles. The summed E-state index contributed by atoms with van der Waals surface area (Å²) in [5.74, 6) is -1.26. The monoisotopic (exact) mass is 264 g/mol. The summed E-state index contributed by atoms with van der Waals surface area (Å²) < 4.78 is 0. The number of carbonyl (C=O) groups excluding carboxylic acids is 1. The Morgan fingerprint density at radius 3 is 2.47 bits per heavy atom. The molecule has 4 N–H and O–H groups in total. The Bertz CT molecular complexity index is 420. The second kappa shape index (κ2) is 7.53. The van der Waals surface area contributed by atoms with Crippen molar-refractivity contribution in [3.63, 3.8) is 0 Å². The number of nitrogens with two attached hydrogens (primary N) is 1. The molecule has 0 spiro atoms. The maximum atomic E-state index is 11.7. The standard InChI is InChI=1S/C14H20N2O3/c1-10(9-15)7-13(17)16-12(14(18)19)8-11-5-3-2-4-6-11/h2-6,10,12H,7-9,15H2,1H3,(H,16,17)(H,18,19). The predicted octanol–water partition coefficient (Wildman–Crippen LogP) is 0.783. The highest BCUT2D eigenvalue weighted by Crippen LogP contribution is 2.05. The third-order valence-corrected chi connectivity index (χ3v) is 2.85. The Balaban J connectivity index is 2.59. The lowest BCUT2D eigenvalue weighted by Gasteiger charge is -2.16. The summed E-state index contributed by atoms with van der Waals surface area (Å²) in [4.78, 5) is 22.8. The van der Waals surface area contributed by atoms with E-state index in [2.05, 4.69) is 5.32 Å². The first-order valence-electron chi connectivity index (χ1n) is 6.29. The number of amides is 1. The van der Waals surface area contributed by atoms with Gasteiger partial charge in [-0.15, -0.1) is 0 Å². The number of nitrogens with one attached hydrogen (secondary N) is 1. The van der Waals surface area contributed by atoms with E-state index in [1.807, 2.05) is 37.3 Å². The van der Waals surface area contributed by atoms with Crippen molar-refractivity contribution in [3.8, 4) is 0 Å². The zero-order chi connectivity index (χ0) is 14.3. The topological polar surface area (TPSA) is 92.4 Å². The smallest absolute Gasteiger partial charge is 0.326 e. The van der Waals surface area contributed by atoms with Crippen LogP contribution in [0.1, 0.15) is 18.9 Å². The highest BCUT2D eigenvalue weighted by atomic mass is 16.4. The number of aliphatic carboxylic acids is 1. The lowest BCUT2D eigenvalue weighted by molar-refractivity contribution is -0.141. The fourth-order valence-corrected chi connectivity index (χ4v) is 1.70. The van der Waals surface area contributed by atoms with Gasteiger partial charge in [0.2, 0.25) is 5.91 Å². The third-order valence-electron chi connectivity index (χ3n) is 2.85. The molecule has 0 saturated carbocycles. The van der Waals surface area contributed by atoms with Gasteiger partial charge in [-0.1, -0.05) is 37.3 Å². The molecule has 0 aromatic heterocycles. The van der Waals surface area contributed by atoms with E-state index in [9.17, 15) is 9.59 Å². The van der Waals surface area contributed by atoms with Gasteiger partial charge in [-0.2, -0.15) is 0 Å². The third kappa shape index (κ3) is 5.52. The normalized spacial score (nSPS) is 13.6. The number of carboxylic acids is 1. The van der Waals surface area contributed by atoms with Crippen LogP contribution in [0.15, 0.2) is 30.3 Å². The molecule has 0 aliphatic rings. The predicted molar refractivity (Wildman–Crippen MR) is 72.5 cm³/mol. The number of carbonyl (C=O) groups is 2. The van der Waals surface area contributed by atoms with Crippen LogP contribution in [-0.2, 0) is 16.0 Å². The second-order valence-electron chi connectivity index (χ2n) is 4.69. The van der Waals surface area contributed by atoms with Crippen molar-refractivity contribution >= 4 is 11.9 Å². The Morgan fingerprint density at radius 2 is 1.95 bits per heavy atom. The average molecular weight is 264 g/mol. The lowest BCUT2D eigenvalue weighted by Crippen LogP contribution is -2.43. The first-order chi connectivity index (χ1) is 9.02. The van der Waals surface area contributed by atoms with Crippen molar-refractivity contribution in [1.82, 2.24) is 5.32 Å². The molecule has 0 aliphatic heterocycles. The average Bonchev–Trinajstić information content (AvgIpc) is 2.38. The van der Waals surface area contributed by atoms with Crippen molar-refractivity contribution in [2.45, 2.75) is 25.8 Å². The summed E-state index contributed by atoms with van der Waals surface area (Å²) in [5.41, 5.74) is 6.32. The molecule has 0 fully saturated rings. The molecule has 0 heterocycles. The van der Waals surface area contributed by atoms with Crippen LogP contribution in [0.25, 0.3) is 0 Å². The molecule has 0 aliphatic carbocycles. The number of carboxylic acid groups (broad SMARTS) is 1. The second-order valence-corrected chi connectivity index (χ2v) is 4.69. The van der Waals surface area contributed by atoms with Crippen LogP contribution in [0, 0.1) is 5.92 Å². The Hall–Kier alpha value is -1.88. The molecule has 2 atom stereocenters. The van der Waals surface area contributed by atoms with Gasteiger partial charge >= 0.3 is 5.97 Å². The van der Waals surface area contributed by atoms with Gasteiger partial charge in [0.25, 0.3) is 0 Å². The molecular formula is C14H20N2O3. The number of benzene rings is 1. The van der Waals surface area contributed by atoms with Crippen molar-refractivity contribution < 1.29 is 14.7 Å². The summed E-state index contributed by atoms with van der Waals surface area (Å²) in [6, 6.07) is 8.31. The number of rotatable bonds is 7. The van der Waals surface area contributed by atoms with Gasteiger partial charge in [-0.25, -0.2) is 4.79 Å². The summed E-state index contributed by atoms with van der Waals surface area (Å²) in [5, 5.41) is 11.7. The van der Waals surface area contributed by atoms with Crippen molar-refractivity contribution in [1.29, 1.82) is 0 Å². The van der Waals surface area contributed by atoms with Crippen molar-refractivity contribution in [2.24, 2.45) is 11.7 Å². The maximum absolute atomic E-state index is 11.7. The van der Waals surface area contributed by atoms with E-state index in [0.29, 0.717) is 6.54 Å². The van der Waals surface area contributed by atoms with Crippen LogP contribution in [0.3, 0.4) is 0 Å². The van der Waals surface area contributed by atoms with Gasteiger partial charge in [0.05, 0.1) is 0 Å². The largest absolute Gasteiger partial charge is 0.480 e. The fourth-order valence-electron chi connectivity index (χ4n) is 1.70. The summed E-state index contributed by atoms with van der Waals surface area (Å²) in [7, 11) is 0. The maximum Gasteiger partial charge on any atom is 0.326 e. The summed E-state index contributed by atoms with van der Waals surface area (Å²) in [6.07, 6.45) is 0.522. The minimum atomic E-state index is -1.03. The molecule has 0 radical (unpaired) electrons. The van der Waals surface area contributed by atoms with Gasteiger partial charge in [0, 0.05) is 12.8 Å². The van der Waals surface area contributed by atoms with E-state index in [1.54, 1.807) is 0 Å². The fraction of sp³-hybridized carbons (Fsp3) is 0.429. The van der Waals surface area contributed by atoms with E-state index in [-0.39, 0.29) is 24.7 Å². The Morgan fingerprint density at radius 1 is 1.32 bits per heavy atom. The Kier molecular flexibility index (Phi) is 6.02. The van der Waals surface area contributed by atoms with Crippen LogP contribution >= 0.6 is 0 Å². The molecule has 104 valence electrons. The minimum absolute atomic E-state index is 0.0474. The molecule has 1 amide bonds. The molecule has 1 aromatic carbocycles. The molecular weight excluding hydrogens is 244 g/mol. The van der Waals surface area contributed by atoms with E-state index in [0.717, 1.165) is 5.56 Å². The lowest BCUT2D eigenvalue weighted by atomic mass is 10.0. The van der Waals surface area contributed by atoms with Crippen LogP contribution < -0.4 is 11.1 Å². The van der Waals surface area contributed by atoms with Crippen LogP contribution in [0.4, 0.5) is 0 Å². The van der Waals surface area contributed by atoms with Crippen LogP contribution in [-0.4, -0.2) is 29.6 Å². The van der Waals surface area contributed by atoms with E-state index in [1.165, 1.54) is 0 Å². The van der Waals surface area contributed by atoms with E-state index >= 15 is 0 Å². The molecule has 1 rings (SSSR count). The molecule has 0 bridgehead atoms. The van der Waals surface area contributed by atoms with Gasteiger partial charge in [-0.05, 0) is 18.0 Å². The molecule has 1 aromatic rings. The first-order valence-corrected chi connectivity index (χ1v) is 6.29. The van der Waals surface area contributed by atoms with Crippen molar-refractivity contribution in [2.75, 3.05) is 6.54 Å². The summed E-state index contributed by atoms with van der Waals surface area (Å²) >= 11 is 0. The number of hydrogen-bond acceptors (Lipinski definition) is 3. The highest BCUT2D eigenvalue weighted by molar-refractivity contribution is 5.83. The summed E-state index contributed by atoms with van der Waals surface area (Å²) in [6.45, 7) is 2.26. The zero-order valence-corrected chi connectivity index (χ0v) is 11.0.